The topological polar surface area (TPSA) is 103 Å². The maximum Gasteiger partial charge on any atom is 0.271 e. The normalized spacial score (nSPS) is 17.2. The molecule has 1 amide bonds. The smallest absolute Gasteiger partial charge is 0.271 e. The van der Waals surface area contributed by atoms with Gasteiger partial charge in [-0.1, -0.05) is 43.0 Å². The van der Waals surface area contributed by atoms with Crippen LogP contribution in [0, 0.1) is 0 Å². The van der Waals surface area contributed by atoms with E-state index in [4.69, 9.17) is 16.2 Å². The molecule has 1 atom stereocenters. The van der Waals surface area contributed by atoms with E-state index in [1.165, 1.54) is 6.21 Å². The maximum atomic E-state index is 12.1. The first-order chi connectivity index (χ1) is 12.0. The number of carbonyl (C=O) groups is 1. The molecule has 25 heavy (non-hydrogen) atoms. The van der Waals surface area contributed by atoms with Crippen LogP contribution < -0.4 is 21.5 Å². The molecule has 0 saturated carbocycles. The third-order valence-corrected chi connectivity index (χ3v) is 3.64. The number of allylic oxidation sites excluding steroid dienone is 3. The van der Waals surface area contributed by atoms with Crippen LogP contribution in [0.15, 0.2) is 71.7 Å². The molecule has 0 spiro atoms. The van der Waals surface area contributed by atoms with E-state index in [1.807, 2.05) is 48.6 Å². The lowest BCUT2D eigenvalue weighted by molar-refractivity contribution is -0.118. The van der Waals surface area contributed by atoms with Gasteiger partial charge in [0.2, 0.25) is 0 Å². The minimum Gasteiger partial charge on any atom is -0.497 e. The molecule has 0 heterocycles. The summed E-state index contributed by atoms with van der Waals surface area (Å²) in [6.45, 7) is 3.92. The van der Waals surface area contributed by atoms with Crippen molar-refractivity contribution in [1.29, 1.82) is 0 Å². The van der Waals surface area contributed by atoms with E-state index in [0.29, 0.717) is 12.0 Å². The van der Waals surface area contributed by atoms with E-state index in [2.05, 4.69) is 16.9 Å². The van der Waals surface area contributed by atoms with Gasteiger partial charge in [0.05, 0.1) is 13.2 Å². The zero-order valence-electron chi connectivity index (χ0n) is 14.1. The lowest BCUT2D eigenvalue weighted by Crippen LogP contribution is -2.37. The average Bonchev–Trinajstić information content (AvgIpc) is 2.66. The summed E-state index contributed by atoms with van der Waals surface area (Å²) in [5.74, 6) is 0.248. The van der Waals surface area contributed by atoms with Crippen LogP contribution in [0.5, 0.6) is 5.75 Å². The molecule has 1 aromatic rings. The minimum atomic E-state index is -0.449. The Labute approximate surface area is 147 Å². The fraction of sp³-hybridized carbons (Fsp3) is 0.158. The standard InChI is InChI=1S/C19H22N4O2/c1-13(14-8-10-16(25-2)11-9-14)12-22-18(21)17(20)19(24)23-15-6-4-3-5-7-15/h3-6,8-12,15H,1,7,20-21H2,2H3,(H,23,24)/b18-17-,22-12?. The van der Waals surface area contributed by atoms with Crippen LogP contribution in [-0.2, 0) is 4.79 Å². The summed E-state index contributed by atoms with van der Waals surface area (Å²) in [7, 11) is 1.60. The molecule has 0 radical (unpaired) electrons. The van der Waals surface area contributed by atoms with Gasteiger partial charge in [0.15, 0.2) is 5.82 Å². The van der Waals surface area contributed by atoms with Gasteiger partial charge in [0.25, 0.3) is 5.91 Å². The minimum absolute atomic E-state index is 0.0532. The number of hydrogen-bond acceptors (Lipinski definition) is 5. The highest BCUT2D eigenvalue weighted by atomic mass is 16.5. The van der Waals surface area contributed by atoms with Gasteiger partial charge in [-0.05, 0) is 29.7 Å². The third kappa shape index (κ3) is 5.10. The van der Waals surface area contributed by atoms with Crippen molar-refractivity contribution in [2.24, 2.45) is 16.5 Å². The predicted octanol–water partition coefficient (Wildman–Crippen LogP) is 1.87. The molecule has 0 saturated heterocycles. The van der Waals surface area contributed by atoms with Crippen molar-refractivity contribution >= 4 is 17.7 Å². The van der Waals surface area contributed by atoms with Gasteiger partial charge in [0, 0.05) is 6.21 Å². The van der Waals surface area contributed by atoms with Crippen LogP contribution >= 0.6 is 0 Å². The molecule has 0 bridgehead atoms. The first kappa shape index (κ1) is 18.1. The third-order valence-electron chi connectivity index (χ3n) is 3.64. The van der Waals surface area contributed by atoms with Gasteiger partial charge in [-0.2, -0.15) is 0 Å². The van der Waals surface area contributed by atoms with Crippen LogP contribution in [-0.4, -0.2) is 25.3 Å². The SMILES string of the molecule is C=C(C=N/C(N)=C(\N)C(=O)NC1C=CC=CC1)c1ccc(OC)cc1. The zero-order valence-corrected chi connectivity index (χ0v) is 14.1. The van der Waals surface area contributed by atoms with E-state index >= 15 is 0 Å². The molecule has 5 N–H and O–H groups in total. The molecular weight excluding hydrogens is 316 g/mol. The first-order valence-electron chi connectivity index (χ1n) is 7.78. The predicted molar refractivity (Wildman–Crippen MR) is 101 cm³/mol. The van der Waals surface area contributed by atoms with Crippen LogP contribution in [0.1, 0.15) is 12.0 Å². The lowest BCUT2D eigenvalue weighted by atomic mass is 10.1. The van der Waals surface area contributed by atoms with Gasteiger partial charge in [-0.15, -0.1) is 0 Å². The van der Waals surface area contributed by atoms with E-state index < -0.39 is 5.91 Å². The Kier molecular flexibility index (Phi) is 6.17. The number of carbonyl (C=O) groups excluding carboxylic acids is 1. The van der Waals surface area contributed by atoms with Crippen LogP contribution in [0.3, 0.4) is 0 Å². The van der Waals surface area contributed by atoms with Gasteiger partial charge in [-0.25, -0.2) is 4.99 Å². The molecule has 0 fully saturated rings. The highest BCUT2D eigenvalue weighted by molar-refractivity contribution is 6.09. The van der Waals surface area contributed by atoms with E-state index in [0.717, 1.165) is 11.3 Å². The largest absolute Gasteiger partial charge is 0.497 e. The molecule has 1 aliphatic rings. The summed E-state index contributed by atoms with van der Waals surface area (Å²) in [5, 5.41) is 2.78. The second-order valence-corrected chi connectivity index (χ2v) is 5.44. The number of benzene rings is 1. The zero-order chi connectivity index (χ0) is 18.2. The summed E-state index contributed by atoms with van der Waals surface area (Å²) in [6.07, 6.45) is 9.83. The Balaban J connectivity index is 2.00. The number of methoxy groups -OCH3 is 1. The van der Waals surface area contributed by atoms with Crippen LogP contribution in [0.4, 0.5) is 0 Å². The Morgan fingerprint density at radius 3 is 2.64 bits per heavy atom. The maximum absolute atomic E-state index is 12.1. The van der Waals surface area contributed by atoms with E-state index in [9.17, 15) is 4.79 Å². The molecule has 6 nitrogen and oxygen atoms in total. The van der Waals surface area contributed by atoms with Gasteiger partial charge in [-0.3, -0.25) is 4.79 Å². The van der Waals surface area contributed by atoms with Crippen molar-refractivity contribution in [3.8, 4) is 5.75 Å². The number of nitrogens with zero attached hydrogens (tertiary/aromatic N) is 1. The summed E-state index contributed by atoms with van der Waals surface area (Å²) in [6, 6.07) is 7.25. The number of aliphatic imine (C=N–C) groups is 1. The molecule has 0 aromatic heterocycles. The first-order valence-corrected chi connectivity index (χ1v) is 7.78. The van der Waals surface area contributed by atoms with Crippen molar-refractivity contribution in [1.82, 2.24) is 5.32 Å². The van der Waals surface area contributed by atoms with Crippen molar-refractivity contribution < 1.29 is 9.53 Å². The molecule has 1 aromatic carbocycles. The highest BCUT2D eigenvalue weighted by Gasteiger charge is 2.14. The molecule has 1 unspecified atom stereocenters. The molecule has 6 heteroatoms. The fourth-order valence-electron chi connectivity index (χ4n) is 2.15. The molecule has 130 valence electrons. The average molecular weight is 338 g/mol. The summed E-state index contributed by atoms with van der Waals surface area (Å²) in [4.78, 5) is 16.1. The summed E-state index contributed by atoms with van der Waals surface area (Å²) >= 11 is 0. The van der Waals surface area contributed by atoms with Gasteiger partial charge >= 0.3 is 0 Å². The number of rotatable bonds is 6. The second-order valence-electron chi connectivity index (χ2n) is 5.44. The van der Waals surface area contributed by atoms with Gasteiger partial charge in [0.1, 0.15) is 11.4 Å². The highest BCUT2D eigenvalue weighted by Crippen LogP contribution is 2.16. The quantitative estimate of drug-likeness (QED) is 0.544. The summed E-state index contributed by atoms with van der Waals surface area (Å²) in [5.41, 5.74) is 13.0. The van der Waals surface area contributed by atoms with E-state index in [-0.39, 0.29) is 17.6 Å². The number of nitrogens with two attached hydrogens (primary N) is 2. The molecule has 0 aliphatic heterocycles. The second kappa shape index (κ2) is 8.54. The van der Waals surface area contributed by atoms with Crippen molar-refractivity contribution in [2.75, 3.05) is 7.11 Å². The monoisotopic (exact) mass is 338 g/mol. The van der Waals surface area contributed by atoms with Crippen molar-refractivity contribution in [3.63, 3.8) is 0 Å². The molecular formula is C19H22N4O2. The van der Waals surface area contributed by atoms with Crippen LogP contribution in [0.2, 0.25) is 0 Å². The molecule has 2 rings (SSSR count). The number of nitrogens with one attached hydrogen (secondary N) is 1. The Bertz CT molecular complexity index is 758. The van der Waals surface area contributed by atoms with Crippen molar-refractivity contribution in [3.05, 3.63) is 72.2 Å². The Hall–Kier alpha value is -3.28. The lowest BCUT2D eigenvalue weighted by Gasteiger charge is -2.15. The fourth-order valence-corrected chi connectivity index (χ4v) is 2.15. The number of ether oxygens (including phenoxy) is 1. The van der Waals surface area contributed by atoms with Gasteiger partial charge < -0.3 is 21.5 Å². The number of hydrogen-bond donors (Lipinski definition) is 3. The number of amides is 1. The Morgan fingerprint density at radius 1 is 1.32 bits per heavy atom. The Morgan fingerprint density at radius 2 is 2.04 bits per heavy atom. The van der Waals surface area contributed by atoms with Crippen LogP contribution in [0.25, 0.3) is 5.57 Å². The van der Waals surface area contributed by atoms with E-state index in [1.54, 1.807) is 7.11 Å². The molecule has 1 aliphatic carbocycles. The summed E-state index contributed by atoms with van der Waals surface area (Å²) < 4.78 is 5.11. The van der Waals surface area contributed by atoms with Crippen molar-refractivity contribution in [2.45, 2.75) is 12.5 Å².